The van der Waals surface area contributed by atoms with Gasteiger partial charge in [-0.15, -0.1) is 0 Å². The lowest BCUT2D eigenvalue weighted by Gasteiger charge is -2.11. The zero-order valence-corrected chi connectivity index (χ0v) is 10.0. The van der Waals surface area contributed by atoms with Crippen molar-refractivity contribution in [2.75, 3.05) is 23.7 Å². The highest BCUT2D eigenvalue weighted by atomic mass is 19.3. The Balaban J connectivity index is 2.88. The van der Waals surface area contributed by atoms with Crippen molar-refractivity contribution in [3.63, 3.8) is 0 Å². The minimum atomic E-state index is -2.94. The first kappa shape index (κ1) is 15.0. The zero-order chi connectivity index (χ0) is 14.4. The molecule has 1 aromatic rings. The Morgan fingerprint density at radius 2 is 2.21 bits per heavy atom. The molecule has 1 rings (SSSR count). The SMILES string of the molecule is CCNc1ncc([N+](=O)[O-])c(NCC(O)C(F)F)n1. The lowest BCUT2D eigenvalue weighted by atomic mass is 10.3. The lowest BCUT2D eigenvalue weighted by Crippen LogP contribution is -2.27. The Labute approximate surface area is 107 Å². The summed E-state index contributed by atoms with van der Waals surface area (Å²) >= 11 is 0. The van der Waals surface area contributed by atoms with Crippen LogP contribution >= 0.6 is 0 Å². The van der Waals surface area contributed by atoms with Crippen LogP contribution in [-0.4, -0.2) is 45.6 Å². The molecule has 1 atom stereocenters. The first-order valence-electron chi connectivity index (χ1n) is 5.41. The quantitative estimate of drug-likeness (QED) is 0.500. The van der Waals surface area contributed by atoms with Gasteiger partial charge in [0.15, 0.2) is 0 Å². The molecule has 106 valence electrons. The van der Waals surface area contributed by atoms with Gasteiger partial charge >= 0.3 is 5.69 Å². The number of nitrogens with zero attached hydrogens (tertiary/aromatic N) is 3. The summed E-state index contributed by atoms with van der Waals surface area (Å²) in [5.74, 6) is -0.0993. The minimum absolute atomic E-state index is 0.127. The van der Waals surface area contributed by atoms with Gasteiger partial charge in [0.05, 0.1) is 4.92 Å². The van der Waals surface area contributed by atoms with E-state index in [1.165, 1.54) is 0 Å². The Morgan fingerprint density at radius 3 is 2.74 bits per heavy atom. The van der Waals surface area contributed by atoms with Crippen molar-refractivity contribution in [3.8, 4) is 0 Å². The van der Waals surface area contributed by atoms with Crippen molar-refractivity contribution in [2.45, 2.75) is 19.5 Å². The maximum Gasteiger partial charge on any atom is 0.329 e. The van der Waals surface area contributed by atoms with Crippen LogP contribution < -0.4 is 10.6 Å². The molecule has 0 saturated heterocycles. The molecule has 0 aliphatic heterocycles. The highest BCUT2D eigenvalue weighted by Crippen LogP contribution is 2.22. The van der Waals surface area contributed by atoms with Crippen molar-refractivity contribution >= 4 is 17.5 Å². The van der Waals surface area contributed by atoms with E-state index in [9.17, 15) is 18.9 Å². The fraction of sp³-hybridized carbons (Fsp3) is 0.556. The second kappa shape index (κ2) is 6.73. The number of aliphatic hydroxyl groups is 1. The normalized spacial score (nSPS) is 12.3. The third kappa shape index (κ3) is 4.25. The van der Waals surface area contributed by atoms with E-state index in [4.69, 9.17) is 5.11 Å². The van der Waals surface area contributed by atoms with Gasteiger partial charge in [-0.1, -0.05) is 0 Å². The van der Waals surface area contributed by atoms with E-state index in [-0.39, 0.29) is 11.8 Å². The largest absolute Gasteiger partial charge is 0.385 e. The van der Waals surface area contributed by atoms with Gasteiger partial charge < -0.3 is 15.7 Å². The van der Waals surface area contributed by atoms with E-state index in [0.717, 1.165) is 6.20 Å². The molecule has 0 amide bonds. The molecule has 3 N–H and O–H groups in total. The maximum absolute atomic E-state index is 12.1. The Morgan fingerprint density at radius 1 is 1.53 bits per heavy atom. The van der Waals surface area contributed by atoms with E-state index in [2.05, 4.69) is 20.6 Å². The predicted molar refractivity (Wildman–Crippen MR) is 63.4 cm³/mol. The number of hydrogen-bond donors (Lipinski definition) is 3. The summed E-state index contributed by atoms with van der Waals surface area (Å²) in [6.45, 7) is 1.72. The van der Waals surface area contributed by atoms with Crippen molar-refractivity contribution in [2.24, 2.45) is 0 Å². The second-order valence-electron chi connectivity index (χ2n) is 3.50. The van der Waals surface area contributed by atoms with Crippen LogP contribution in [0.15, 0.2) is 6.20 Å². The molecule has 0 bridgehead atoms. The van der Waals surface area contributed by atoms with Crippen LogP contribution in [0.1, 0.15) is 6.92 Å². The van der Waals surface area contributed by atoms with E-state index < -0.39 is 29.7 Å². The highest BCUT2D eigenvalue weighted by molar-refractivity contribution is 5.56. The number of aliphatic hydroxyl groups excluding tert-OH is 1. The summed E-state index contributed by atoms with van der Waals surface area (Å²) in [5, 5.41) is 24.7. The summed E-state index contributed by atoms with van der Waals surface area (Å²) in [5.41, 5.74) is -0.455. The van der Waals surface area contributed by atoms with Crippen LogP contribution in [0.4, 0.5) is 26.2 Å². The van der Waals surface area contributed by atoms with Crippen LogP contribution in [0.3, 0.4) is 0 Å². The molecule has 1 aromatic heterocycles. The van der Waals surface area contributed by atoms with E-state index in [1.54, 1.807) is 6.92 Å². The number of halogens is 2. The van der Waals surface area contributed by atoms with Crippen LogP contribution in [0.25, 0.3) is 0 Å². The number of nitrogens with one attached hydrogen (secondary N) is 2. The molecule has 0 aliphatic rings. The van der Waals surface area contributed by atoms with Crippen LogP contribution in [0.5, 0.6) is 0 Å². The molecule has 19 heavy (non-hydrogen) atoms. The van der Waals surface area contributed by atoms with Gasteiger partial charge in [0.2, 0.25) is 11.8 Å². The molecule has 0 aliphatic carbocycles. The number of anilines is 2. The van der Waals surface area contributed by atoms with Crippen LogP contribution in [0, 0.1) is 10.1 Å². The van der Waals surface area contributed by atoms with Gasteiger partial charge in [-0.25, -0.2) is 13.8 Å². The summed E-state index contributed by atoms with van der Waals surface area (Å²) < 4.78 is 24.2. The van der Waals surface area contributed by atoms with E-state index in [0.29, 0.717) is 6.54 Å². The van der Waals surface area contributed by atoms with Gasteiger partial charge in [0.25, 0.3) is 6.43 Å². The molecule has 8 nitrogen and oxygen atoms in total. The predicted octanol–water partition coefficient (Wildman–Crippen LogP) is 0.854. The standard InChI is InChI=1S/C9H13F2N5O3/c1-2-12-9-14-3-5(16(18)19)8(15-9)13-4-6(17)7(10)11/h3,6-7,17H,2,4H2,1H3,(H2,12,13,14,15). The number of aromatic nitrogens is 2. The Bertz CT molecular complexity index is 446. The molecule has 1 heterocycles. The molecular formula is C9H13F2N5O3. The number of nitro groups is 1. The molecule has 0 fully saturated rings. The van der Waals surface area contributed by atoms with E-state index >= 15 is 0 Å². The molecule has 0 saturated carbocycles. The molecule has 1 unspecified atom stereocenters. The molecular weight excluding hydrogens is 264 g/mol. The van der Waals surface area contributed by atoms with Crippen molar-refractivity contribution in [1.29, 1.82) is 0 Å². The van der Waals surface area contributed by atoms with Crippen LogP contribution in [-0.2, 0) is 0 Å². The van der Waals surface area contributed by atoms with Crippen molar-refractivity contribution in [3.05, 3.63) is 16.3 Å². The van der Waals surface area contributed by atoms with Crippen LogP contribution in [0.2, 0.25) is 0 Å². The van der Waals surface area contributed by atoms with Gasteiger partial charge in [0.1, 0.15) is 12.3 Å². The molecule has 10 heteroatoms. The highest BCUT2D eigenvalue weighted by Gasteiger charge is 2.21. The smallest absolute Gasteiger partial charge is 0.329 e. The zero-order valence-electron chi connectivity index (χ0n) is 10.0. The first-order chi connectivity index (χ1) is 8.95. The van der Waals surface area contributed by atoms with Crippen molar-refractivity contribution in [1.82, 2.24) is 9.97 Å². The fourth-order valence-corrected chi connectivity index (χ4v) is 1.17. The minimum Gasteiger partial charge on any atom is -0.385 e. The summed E-state index contributed by atoms with van der Waals surface area (Å²) in [6, 6.07) is 0. The number of rotatable bonds is 7. The topological polar surface area (TPSA) is 113 Å². The number of hydrogen-bond acceptors (Lipinski definition) is 7. The van der Waals surface area contributed by atoms with Gasteiger partial charge in [-0.2, -0.15) is 4.98 Å². The molecule has 0 aromatic carbocycles. The monoisotopic (exact) mass is 277 g/mol. The third-order valence-corrected chi connectivity index (χ3v) is 2.07. The molecule has 0 spiro atoms. The van der Waals surface area contributed by atoms with E-state index in [1.807, 2.05) is 0 Å². The average Bonchev–Trinajstić information content (AvgIpc) is 2.36. The van der Waals surface area contributed by atoms with Crippen molar-refractivity contribution < 1.29 is 18.8 Å². The summed E-state index contributed by atoms with van der Waals surface area (Å²) in [7, 11) is 0. The summed E-state index contributed by atoms with van der Waals surface area (Å²) in [6.07, 6.45) is -3.92. The first-order valence-corrected chi connectivity index (χ1v) is 5.41. The Hall–Kier alpha value is -2.10. The van der Waals surface area contributed by atoms with Gasteiger partial charge in [-0.05, 0) is 6.92 Å². The maximum atomic E-state index is 12.1. The summed E-state index contributed by atoms with van der Waals surface area (Å²) in [4.78, 5) is 17.5. The fourth-order valence-electron chi connectivity index (χ4n) is 1.17. The number of alkyl halides is 2. The van der Waals surface area contributed by atoms with Gasteiger partial charge in [0, 0.05) is 13.1 Å². The van der Waals surface area contributed by atoms with Gasteiger partial charge in [-0.3, -0.25) is 10.1 Å². The molecule has 0 radical (unpaired) electrons. The second-order valence-corrected chi connectivity index (χ2v) is 3.50. The lowest BCUT2D eigenvalue weighted by molar-refractivity contribution is -0.384. The third-order valence-electron chi connectivity index (χ3n) is 2.07. The Kier molecular flexibility index (Phi) is 5.30. The average molecular weight is 277 g/mol.